The lowest BCUT2D eigenvalue weighted by molar-refractivity contribution is -0.645. The molecule has 0 aliphatic carbocycles. The molecule has 1 aromatic heterocycles. The van der Waals surface area contributed by atoms with Gasteiger partial charge in [0.15, 0.2) is 6.20 Å². The Labute approximate surface area is 76.7 Å². The first-order valence-electron chi connectivity index (χ1n) is 4.10. The molecule has 62 valence electrons. The standard InChI is InChI=1S/C11H9N2/c1-13-8-9(7-12)6-10-4-2-3-5-11(10)13/h2-6,8H,1H3/q+1. The topological polar surface area (TPSA) is 27.7 Å². The van der Waals surface area contributed by atoms with Crippen molar-refractivity contribution in [2.24, 2.45) is 7.05 Å². The predicted octanol–water partition coefficient (Wildman–Crippen LogP) is 1.54. The molecule has 0 aliphatic heterocycles. The van der Waals surface area contributed by atoms with Crippen molar-refractivity contribution in [3.63, 3.8) is 0 Å². The van der Waals surface area contributed by atoms with E-state index in [1.54, 1.807) is 0 Å². The number of pyridine rings is 1. The molecule has 0 amide bonds. The number of fused-ring (bicyclic) bond motifs is 1. The molecule has 0 unspecified atom stereocenters. The highest BCUT2D eigenvalue weighted by Gasteiger charge is 2.05. The van der Waals surface area contributed by atoms with Gasteiger partial charge in [-0.1, -0.05) is 12.1 Å². The van der Waals surface area contributed by atoms with Crippen molar-refractivity contribution in [1.29, 1.82) is 5.26 Å². The maximum atomic E-state index is 8.76. The molecular weight excluding hydrogens is 160 g/mol. The molecule has 1 heterocycles. The van der Waals surface area contributed by atoms with Gasteiger partial charge in [-0.05, 0) is 12.1 Å². The minimum atomic E-state index is 0.696. The Hall–Kier alpha value is -1.88. The second-order valence-electron chi connectivity index (χ2n) is 3.01. The number of benzene rings is 1. The molecule has 2 aromatic rings. The molecular formula is C11H9N2+. The maximum Gasteiger partial charge on any atom is 0.212 e. The monoisotopic (exact) mass is 169 g/mol. The first-order chi connectivity index (χ1) is 6.31. The Morgan fingerprint density at radius 3 is 2.85 bits per heavy atom. The van der Waals surface area contributed by atoms with E-state index in [0.29, 0.717) is 5.56 Å². The average molecular weight is 169 g/mol. The Morgan fingerprint density at radius 2 is 2.08 bits per heavy atom. The van der Waals surface area contributed by atoms with Crippen molar-refractivity contribution in [2.45, 2.75) is 0 Å². The van der Waals surface area contributed by atoms with Gasteiger partial charge in [-0.2, -0.15) is 9.83 Å². The lowest BCUT2D eigenvalue weighted by Gasteiger charge is -1.95. The van der Waals surface area contributed by atoms with E-state index >= 15 is 0 Å². The normalized spacial score (nSPS) is 9.85. The number of nitrogens with zero attached hydrogens (tertiary/aromatic N) is 2. The van der Waals surface area contributed by atoms with Gasteiger partial charge in [0.25, 0.3) is 0 Å². The third-order valence-corrected chi connectivity index (χ3v) is 2.09. The average Bonchev–Trinajstić information content (AvgIpc) is 2.18. The number of rotatable bonds is 0. The van der Waals surface area contributed by atoms with E-state index in [2.05, 4.69) is 6.07 Å². The molecule has 2 nitrogen and oxygen atoms in total. The zero-order valence-electron chi connectivity index (χ0n) is 7.36. The smallest absolute Gasteiger partial charge is 0.200 e. The summed E-state index contributed by atoms with van der Waals surface area (Å²) in [7, 11) is 1.95. The summed E-state index contributed by atoms with van der Waals surface area (Å²) in [5.41, 5.74) is 1.84. The fourth-order valence-corrected chi connectivity index (χ4v) is 1.47. The van der Waals surface area contributed by atoms with E-state index in [9.17, 15) is 0 Å². The number of hydrogen-bond donors (Lipinski definition) is 0. The van der Waals surface area contributed by atoms with Crippen LogP contribution in [-0.4, -0.2) is 0 Å². The van der Waals surface area contributed by atoms with Gasteiger partial charge in [0, 0.05) is 11.5 Å². The van der Waals surface area contributed by atoms with Crippen molar-refractivity contribution < 1.29 is 4.57 Å². The van der Waals surface area contributed by atoms with E-state index in [1.165, 1.54) is 0 Å². The van der Waals surface area contributed by atoms with Gasteiger partial charge in [0.2, 0.25) is 5.52 Å². The van der Waals surface area contributed by atoms with E-state index in [0.717, 1.165) is 10.9 Å². The van der Waals surface area contributed by atoms with Gasteiger partial charge in [-0.15, -0.1) is 0 Å². The lowest BCUT2D eigenvalue weighted by atomic mass is 10.2. The van der Waals surface area contributed by atoms with Crippen LogP contribution in [0.1, 0.15) is 5.56 Å². The molecule has 0 atom stereocenters. The number of hydrogen-bond acceptors (Lipinski definition) is 1. The first kappa shape index (κ1) is 7.75. The SMILES string of the molecule is C[n+]1cc(C#N)cc2ccccc21. The third-order valence-electron chi connectivity index (χ3n) is 2.09. The second kappa shape index (κ2) is 2.87. The van der Waals surface area contributed by atoms with Gasteiger partial charge in [-0.3, -0.25) is 0 Å². The summed E-state index contributed by atoms with van der Waals surface area (Å²) in [5.74, 6) is 0. The Bertz CT molecular complexity index is 495. The van der Waals surface area contributed by atoms with Gasteiger partial charge in [-0.25, -0.2) is 0 Å². The molecule has 2 heteroatoms. The molecule has 0 saturated carbocycles. The summed E-state index contributed by atoms with van der Waals surface area (Å²) in [6.45, 7) is 0. The minimum Gasteiger partial charge on any atom is -0.200 e. The summed E-state index contributed by atoms with van der Waals surface area (Å²) < 4.78 is 1.97. The van der Waals surface area contributed by atoms with Gasteiger partial charge >= 0.3 is 0 Å². The van der Waals surface area contributed by atoms with Crippen LogP contribution in [0.2, 0.25) is 0 Å². The lowest BCUT2D eigenvalue weighted by Crippen LogP contribution is -2.28. The molecule has 0 bridgehead atoms. The third kappa shape index (κ3) is 1.25. The highest BCUT2D eigenvalue weighted by Crippen LogP contribution is 2.09. The molecule has 0 spiro atoms. The van der Waals surface area contributed by atoms with Crippen LogP contribution < -0.4 is 4.57 Å². The summed E-state index contributed by atoms with van der Waals surface area (Å²) in [4.78, 5) is 0. The fraction of sp³-hybridized carbons (Fsp3) is 0.0909. The maximum absolute atomic E-state index is 8.76. The predicted molar refractivity (Wildman–Crippen MR) is 49.8 cm³/mol. The Balaban J connectivity index is 2.86. The summed E-state index contributed by atoms with van der Waals surface area (Å²) in [6, 6.07) is 12.1. The van der Waals surface area contributed by atoms with Crippen molar-refractivity contribution >= 4 is 10.9 Å². The van der Waals surface area contributed by atoms with Crippen molar-refractivity contribution in [2.75, 3.05) is 0 Å². The quantitative estimate of drug-likeness (QED) is 0.550. The number of aromatic nitrogens is 1. The van der Waals surface area contributed by atoms with Crippen molar-refractivity contribution in [3.05, 3.63) is 42.1 Å². The molecule has 0 aliphatic rings. The van der Waals surface area contributed by atoms with Crippen molar-refractivity contribution in [3.8, 4) is 6.07 Å². The van der Waals surface area contributed by atoms with Crippen LogP contribution in [0.4, 0.5) is 0 Å². The molecule has 0 N–H and O–H groups in total. The van der Waals surface area contributed by atoms with E-state index in [-0.39, 0.29) is 0 Å². The van der Waals surface area contributed by atoms with Gasteiger partial charge < -0.3 is 0 Å². The van der Waals surface area contributed by atoms with Gasteiger partial charge in [0.05, 0.1) is 0 Å². The zero-order chi connectivity index (χ0) is 9.26. The van der Waals surface area contributed by atoms with Crippen LogP contribution in [-0.2, 0) is 7.05 Å². The molecule has 0 fully saturated rings. The minimum absolute atomic E-state index is 0.696. The molecule has 2 rings (SSSR count). The van der Waals surface area contributed by atoms with E-state index < -0.39 is 0 Å². The summed E-state index contributed by atoms with van der Waals surface area (Å²) >= 11 is 0. The Morgan fingerprint density at radius 1 is 1.31 bits per heavy atom. The molecule has 0 radical (unpaired) electrons. The molecule has 13 heavy (non-hydrogen) atoms. The molecule has 1 aromatic carbocycles. The number of aryl methyl sites for hydroxylation is 1. The zero-order valence-corrected chi connectivity index (χ0v) is 7.36. The number of nitriles is 1. The first-order valence-corrected chi connectivity index (χ1v) is 4.10. The van der Waals surface area contributed by atoms with Crippen LogP contribution in [0.3, 0.4) is 0 Å². The highest BCUT2D eigenvalue weighted by atomic mass is 14.9. The van der Waals surface area contributed by atoms with E-state index in [1.807, 2.05) is 48.1 Å². The highest BCUT2D eigenvalue weighted by molar-refractivity contribution is 5.76. The largest absolute Gasteiger partial charge is 0.212 e. The number of para-hydroxylation sites is 1. The summed E-state index contributed by atoms with van der Waals surface area (Å²) in [5, 5.41) is 9.86. The van der Waals surface area contributed by atoms with Crippen LogP contribution in [0, 0.1) is 11.3 Å². The summed E-state index contributed by atoms with van der Waals surface area (Å²) in [6.07, 6.45) is 1.84. The fourth-order valence-electron chi connectivity index (χ4n) is 1.47. The van der Waals surface area contributed by atoms with Crippen LogP contribution in [0.15, 0.2) is 36.5 Å². The van der Waals surface area contributed by atoms with Gasteiger partial charge in [0.1, 0.15) is 18.7 Å². The van der Waals surface area contributed by atoms with Crippen LogP contribution in [0.5, 0.6) is 0 Å². The molecule has 0 saturated heterocycles. The Kier molecular flexibility index (Phi) is 1.71. The van der Waals surface area contributed by atoms with Crippen molar-refractivity contribution in [1.82, 2.24) is 0 Å². The van der Waals surface area contributed by atoms with Crippen LogP contribution in [0.25, 0.3) is 10.9 Å². The second-order valence-corrected chi connectivity index (χ2v) is 3.01. The van der Waals surface area contributed by atoms with E-state index in [4.69, 9.17) is 5.26 Å². The van der Waals surface area contributed by atoms with Crippen LogP contribution >= 0.6 is 0 Å².